The maximum Gasteiger partial charge on any atom is 0.235 e. The summed E-state index contributed by atoms with van der Waals surface area (Å²) in [6.07, 6.45) is 2.30. The Labute approximate surface area is 97.6 Å². The summed E-state index contributed by atoms with van der Waals surface area (Å²) in [4.78, 5) is 9.79. The molecule has 1 aromatic rings. The predicted molar refractivity (Wildman–Crippen MR) is 59.3 cm³/mol. The van der Waals surface area contributed by atoms with Crippen molar-refractivity contribution in [1.29, 1.82) is 0 Å². The molecule has 0 aliphatic carbocycles. The third-order valence-electron chi connectivity index (χ3n) is 2.31. The number of nitrogens with zero attached hydrogens (tertiary/aromatic N) is 1. The summed E-state index contributed by atoms with van der Waals surface area (Å²) in [6.45, 7) is 0.526. The van der Waals surface area contributed by atoms with Crippen LogP contribution in [0.4, 0.5) is 0 Å². The fraction of sp³-hybridized carbons (Fsp3) is 0.273. The monoisotopic (exact) mass is 237 g/mol. The minimum Gasteiger partial charge on any atom is -0.454 e. The largest absolute Gasteiger partial charge is 0.454 e. The summed E-state index contributed by atoms with van der Waals surface area (Å²) in [5, 5.41) is 10.3. The molecule has 0 saturated carbocycles. The van der Waals surface area contributed by atoms with Crippen molar-refractivity contribution in [2.75, 3.05) is 13.9 Å². The highest BCUT2D eigenvalue weighted by atomic mass is 16.7. The van der Waals surface area contributed by atoms with Crippen molar-refractivity contribution in [3.05, 3.63) is 39.6 Å². The van der Waals surface area contributed by atoms with Crippen LogP contribution in [-0.2, 0) is 11.3 Å². The van der Waals surface area contributed by atoms with E-state index < -0.39 is 4.92 Å². The van der Waals surface area contributed by atoms with Gasteiger partial charge in [-0.15, -0.1) is 0 Å². The van der Waals surface area contributed by atoms with E-state index in [1.54, 1.807) is 19.2 Å². The van der Waals surface area contributed by atoms with Crippen molar-refractivity contribution in [1.82, 2.24) is 0 Å². The van der Waals surface area contributed by atoms with Crippen LogP contribution in [0, 0.1) is 10.1 Å². The van der Waals surface area contributed by atoms with Crippen molar-refractivity contribution in [2.45, 2.75) is 6.61 Å². The molecule has 0 saturated heterocycles. The number of fused-ring (bicyclic) bond motifs is 1. The van der Waals surface area contributed by atoms with E-state index in [2.05, 4.69) is 0 Å². The van der Waals surface area contributed by atoms with Crippen LogP contribution in [0.15, 0.2) is 18.3 Å². The average Bonchev–Trinajstić information content (AvgIpc) is 2.73. The molecule has 2 rings (SSSR count). The Balaban J connectivity index is 2.37. The number of hydrogen-bond donors (Lipinski definition) is 0. The van der Waals surface area contributed by atoms with Crippen molar-refractivity contribution >= 4 is 6.08 Å². The Morgan fingerprint density at radius 2 is 2.18 bits per heavy atom. The first-order chi connectivity index (χ1) is 8.20. The highest BCUT2D eigenvalue weighted by Crippen LogP contribution is 2.35. The van der Waals surface area contributed by atoms with Crippen LogP contribution in [0.3, 0.4) is 0 Å². The molecule has 0 amide bonds. The summed E-state index contributed by atoms with van der Waals surface area (Å²) in [6, 6.07) is 3.47. The van der Waals surface area contributed by atoms with Crippen LogP contribution in [0.1, 0.15) is 11.1 Å². The van der Waals surface area contributed by atoms with Crippen molar-refractivity contribution in [3.8, 4) is 11.5 Å². The molecule has 0 fully saturated rings. The zero-order valence-electron chi connectivity index (χ0n) is 9.21. The maximum atomic E-state index is 10.3. The lowest BCUT2D eigenvalue weighted by Gasteiger charge is -2.06. The number of hydrogen-bond acceptors (Lipinski definition) is 5. The standard InChI is InChI=1S/C11H11NO5/c1-15-6-9-5-11-10(16-7-17-11)4-8(9)2-3-12(13)14/h2-5H,6-7H2,1H3/b3-2+. The van der Waals surface area contributed by atoms with Crippen LogP contribution in [-0.4, -0.2) is 18.8 Å². The molecular weight excluding hydrogens is 226 g/mol. The van der Waals surface area contributed by atoms with E-state index in [1.165, 1.54) is 6.08 Å². The molecule has 1 aromatic carbocycles. The first-order valence-corrected chi connectivity index (χ1v) is 4.94. The van der Waals surface area contributed by atoms with Crippen molar-refractivity contribution in [2.24, 2.45) is 0 Å². The molecule has 6 heteroatoms. The van der Waals surface area contributed by atoms with E-state index in [0.29, 0.717) is 23.7 Å². The van der Waals surface area contributed by atoms with Gasteiger partial charge in [0.25, 0.3) is 0 Å². The number of rotatable bonds is 4. The minimum absolute atomic E-state index is 0.171. The average molecular weight is 237 g/mol. The van der Waals surface area contributed by atoms with Gasteiger partial charge in [-0.1, -0.05) is 0 Å². The summed E-state index contributed by atoms with van der Waals surface area (Å²) in [5.41, 5.74) is 1.50. The fourth-order valence-corrected chi connectivity index (χ4v) is 1.58. The van der Waals surface area contributed by atoms with Crippen LogP contribution >= 0.6 is 0 Å². The van der Waals surface area contributed by atoms with E-state index in [1.807, 2.05) is 0 Å². The van der Waals surface area contributed by atoms with Gasteiger partial charge in [0.15, 0.2) is 11.5 Å². The quantitative estimate of drug-likeness (QED) is 0.590. The fourth-order valence-electron chi connectivity index (χ4n) is 1.58. The second-order valence-electron chi connectivity index (χ2n) is 3.44. The molecule has 0 atom stereocenters. The van der Waals surface area contributed by atoms with E-state index in [0.717, 1.165) is 11.8 Å². The van der Waals surface area contributed by atoms with Crippen LogP contribution in [0.5, 0.6) is 11.5 Å². The molecule has 0 N–H and O–H groups in total. The summed E-state index contributed by atoms with van der Waals surface area (Å²) < 4.78 is 15.5. The molecule has 1 heterocycles. The summed E-state index contributed by atoms with van der Waals surface area (Å²) >= 11 is 0. The third kappa shape index (κ3) is 2.54. The van der Waals surface area contributed by atoms with E-state index in [-0.39, 0.29) is 6.79 Å². The van der Waals surface area contributed by atoms with Crippen molar-refractivity contribution < 1.29 is 19.1 Å². The Kier molecular flexibility index (Phi) is 3.24. The minimum atomic E-state index is -0.513. The van der Waals surface area contributed by atoms with Gasteiger partial charge in [0.1, 0.15) is 0 Å². The first-order valence-electron chi connectivity index (χ1n) is 4.94. The van der Waals surface area contributed by atoms with Gasteiger partial charge in [-0.05, 0) is 23.3 Å². The molecule has 90 valence electrons. The van der Waals surface area contributed by atoms with E-state index in [4.69, 9.17) is 14.2 Å². The molecule has 0 radical (unpaired) electrons. The number of benzene rings is 1. The van der Waals surface area contributed by atoms with Gasteiger partial charge < -0.3 is 14.2 Å². The van der Waals surface area contributed by atoms with E-state index in [9.17, 15) is 10.1 Å². The van der Waals surface area contributed by atoms with Gasteiger partial charge in [-0.3, -0.25) is 10.1 Å². The number of methoxy groups -OCH3 is 1. The highest BCUT2D eigenvalue weighted by Gasteiger charge is 2.16. The van der Waals surface area contributed by atoms with Gasteiger partial charge in [-0.25, -0.2) is 0 Å². The normalized spacial score (nSPS) is 13.2. The second-order valence-corrected chi connectivity index (χ2v) is 3.44. The van der Waals surface area contributed by atoms with Gasteiger partial charge in [-0.2, -0.15) is 0 Å². The van der Waals surface area contributed by atoms with E-state index >= 15 is 0 Å². The molecular formula is C11H11NO5. The molecule has 0 unspecified atom stereocenters. The summed E-state index contributed by atoms with van der Waals surface area (Å²) in [7, 11) is 1.56. The lowest BCUT2D eigenvalue weighted by molar-refractivity contribution is -0.400. The summed E-state index contributed by atoms with van der Waals surface area (Å²) in [5.74, 6) is 1.23. The second kappa shape index (κ2) is 4.84. The highest BCUT2D eigenvalue weighted by molar-refractivity contribution is 5.60. The van der Waals surface area contributed by atoms with Crippen LogP contribution in [0.2, 0.25) is 0 Å². The molecule has 0 aromatic heterocycles. The zero-order chi connectivity index (χ0) is 12.3. The number of nitro groups is 1. The van der Waals surface area contributed by atoms with Crippen molar-refractivity contribution in [3.63, 3.8) is 0 Å². The van der Waals surface area contributed by atoms with Crippen LogP contribution in [0.25, 0.3) is 6.08 Å². The van der Waals surface area contributed by atoms with Gasteiger partial charge >= 0.3 is 0 Å². The Bertz CT molecular complexity index is 469. The Morgan fingerprint density at radius 1 is 1.47 bits per heavy atom. The lowest BCUT2D eigenvalue weighted by atomic mass is 10.1. The molecule has 6 nitrogen and oxygen atoms in total. The number of ether oxygens (including phenoxy) is 3. The molecule has 1 aliphatic rings. The molecule has 0 bridgehead atoms. The van der Waals surface area contributed by atoms with Gasteiger partial charge in [0.05, 0.1) is 11.5 Å². The van der Waals surface area contributed by atoms with Crippen LogP contribution < -0.4 is 9.47 Å². The first kappa shape index (κ1) is 11.4. The third-order valence-corrected chi connectivity index (χ3v) is 2.31. The Hall–Kier alpha value is -2.08. The Morgan fingerprint density at radius 3 is 2.82 bits per heavy atom. The molecule has 17 heavy (non-hydrogen) atoms. The smallest absolute Gasteiger partial charge is 0.235 e. The molecule has 1 aliphatic heterocycles. The lowest BCUT2D eigenvalue weighted by Crippen LogP contribution is -1.93. The zero-order valence-corrected chi connectivity index (χ0v) is 9.21. The maximum absolute atomic E-state index is 10.3. The topological polar surface area (TPSA) is 70.8 Å². The predicted octanol–water partition coefficient (Wildman–Crippen LogP) is 1.81. The molecule has 0 spiro atoms. The SMILES string of the molecule is COCc1cc2c(cc1/C=C/[N+](=O)[O-])OCO2. The van der Waals surface area contributed by atoms with Gasteiger partial charge in [0.2, 0.25) is 13.0 Å². The van der Waals surface area contributed by atoms with Gasteiger partial charge in [0, 0.05) is 13.2 Å².